The Bertz CT molecular complexity index is 2850. The van der Waals surface area contributed by atoms with E-state index in [1.54, 1.807) is 35.8 Å². The molecule has 0 radical (unpaired) electrons. The summed E-state index contributed by atoms with van der Waals surface area (Å²) in [6.45, 7) is 2.40. The summed E-state index contributed by atoms with van der Waals surface area (Å²) in [6, 6.07) is 46.4. The summed E-state index contributed by atoms with van der Waals surface area (Å²) < 4.78 is 0. The van der Waals surface area contributed by atoms with Crippen molar-refractivity contribution >= 4 is 68.7 Å². The summed E-state index contributed by atoms with van der Waals surface area (Å²) in [7, 11) is 0. The number of nitrogens with one attached hydrogen (secondary N) is 5. The van der Waals surface area contributed by atoms with Crippen molar-refractivity contribution in [2.75, 3.05) is 31.5 Å². The van der Waals surface area contributed by atoms with Crippen molar-refractivity contribution in [2.45, 2.75) is 13.5 Å². The topological polar surface area (TPSA) is 136 Å². The van der Waals surface area contributed by atoms with E-state index in [0.29, 0.717) is 23.4 Å². The lowest BCUT2D eigenvalue weighted by Crippen LogP contribution is -2.22. The first-order valence-electron chi connectivity index (χ1n) is 19.4. The maximum absolute atomic E-state index is 13.5. The second kappa shape index (κ2) is 16.7. The molecule has 0 spiro atoms. The van der Waals surface area contributed by atoms with E-state index < -0.39 is 0 Å². The van der Waals surface area contributed by atoms with Gasteiger partial charge in [-0.15, -0.1) is 0 Å². The highest BCUT2D eigenvalue weighted by atomic mass is 16.2. The molecule has 0 unspecified atom stereocenters. The van der Waals surface area contributed by atoms with E-state index in [2.05, 4.69) is 41.5 Å². The molecule has 292 valence electrons. The first-order chi connectivity index (χ1) is 29.4. The van der Waals surface area contributed by atoms with Gasteiger partial charge in [0.05, 0.1) is 6.54 Å². The third-order valence-electron chi connectivity index (χ3n) is 10.1. The van der Waals surface area contributed by atoms with Crippen molar-refractivity contribution in [2.24, 2.45) is 0 Å². The number of anilines is 10. The lowest BCUT2D eigenvalue weighted by atomic mass is 10.0. The predicted octanol–water partition coefficient (Wildman–Crippen LogP) is 11.2. The molecule has 4 heterocycles. The normalized spacial score (nSPS) is 11.8. The van der Waals surface area contributed by atoms with Gasteiger partial charge in [-0.3, -0.25) is 24.5 Å². The fourth-order valence-corrected chi connectivity index (χ4v) is 7.16. The van der Waals surface area contributed by atoms with Gasteiger partial charge in [0.25, 0.3) is 11.8 Å². The van der Waals surface area contributed by atoms with Crippen LogP contribution < -0.4 is 31.5 Å². The van der Waals surface area contributed by atoms with Crippen LogP contribution in [-0.4, -0.2) is 26.8 Å². The van der Waals surface area contributed by atoms with Crippen LogP contribution in [0.5, 0.6) is 0 Å². The average Bonchev–Trinajstić information content (AvgIpc) is 3.60. The maximum atomic E-state index is 13.5. The van der Waals surface area contributed by atoms with Gasteiger partial charge >= 0.3 is 0 Å². The van der Waals surface area contributed by atoms with Crippen LogP contribution in [0.3, 0.4) is 0 Å². The van der Waals surface area contributed by atoms with Crippen LogP contribution in [-0.2, 0) is 6.54 Å². The Kier molecular flexibility index (Phi) is 10.3. The van der Waals surface area contributed by atoms with E-state index in [4.69, 9.17) is 0 Å². The number of aromatic nitrogens is 3. The zero-order chi connectivity index (χ0) is 40.8. The monoisotopic (exact) mass is 785 g/mol. The van der Waals surface area contributed by atoms with Gasteiger partial charge in [-0.1, -0.05) is 30.3 Å². The minimum atomic E-state index is -0.209. The summed E-state index contributed by atoms with van der Waals surface area (Å²) in [5.74, 6) is -0.238. The molecule has 2 amide bonds. The molecule has 5 aromatic carbocycles. The molecule has 0 atom stereocenters. The molecule has 9 rings (SSSR count). The number of carbonyl (C=O) groups excluding carboxylic acids is 2. The molecule has 11 heteroatoms. The van der Waals surface area contributed by atoms with Crippen LogP contribution in [0.25, 0.3) is 11.1 Å². The number of pyridine rings is 3. The standard InChI is InChI=1S/C49H39N9O2/c1-32-25-43(19-24-52-32)55-38-6-2-5-34(26-38)48(59)57-40-8-3-7-39(28-40)53-36-13-11-33(12-14-36)46-30-51-23-20-47(46)56-42-15-16-45-35(27-42)31-58(49(45)60)44-10-4-9-41(29-44)54-37-17-21-50-22-18-37/h2-30,53H,31H2,1H3,(H,50,54)(H,51,56)(H,52,55)(H,57,59). The molecule has 8 aromatic rings. The van der Waals surface area contributed by atoms with Gasteiger partial charge in [-0.2, -0.15) is 0 Å². The number of nitrogens with zero attached hydrogens (tertiary/aromatic N) is 4. The molecule has 0 bridgehead atoms. The third-order valence-corrected chi connectivity index (χ3v) is 10.1. The molecule has 0 aliphatic carbocycles. The van der Waals surface area contributed by atoms with Crippen molar-refractivity contribution < 1.29 is 9.59 Å². The second-order valence-electron chi connectivity index (χ2n) is 14.3. The summed E-state index contributed by atoms with van der Waals surface area (Å²) in [6.07, 6.45) is 8.82. The Morgan fingerprint density at radius 1 is 0.550 bits per heavy atom. The number of rotatable bonds is 12. The Balaban J connectivity index is 0.843. The van der Waals surface area contributed by atoms with Crippen LogP contribution in [0.1, 0.15) is 32.0 Å². The van der Waals surface area contributed by atoms with Gasteiger partial charge in [0, 0.05) is 110 Å². The highest BCUT2D eigenvalue weighted by molar-refractivity contribution is 6.10. The van der Waals surface area contributed by atoms with Crippen LogP contribution in [0.15, 0.2) is 177 Å². The number of benzene rings is 5. The molecule has 0 saturated heterocycles. The van der Waals surface area contributed by atoms with E-state index in [0.717, 1.165) is 73.6 Å². The zero-order valence-electron chi connectivity index (χ0n) is 32.6. The minimum Gasteiger partial charge on any atom is -0.355 e. The van der Waals surface area contributed by atoms with Crippen LogP contribution in [0.4, 0.5) is 56.9 Å². The number of hydrogen-bond acceptors (Lipinski definition) is 9. The second-order valence-corrected chi connectivity index (χ2v) is 14.3. The predicted molar refractivity (Wildman–Crippen MR) is 240 cm³/mol. The first kappa shape index (κ1) is 37.3. The quantitative estimate of drug-likeness (QED) is 0.0820. The number of carbonyl (C=O) groups is 2. The van der Waals surface area contributed by atoms with Crippen molar-refractivity contribution in [1.82, 2.24) is 15.0 Å². The Labute approximate surface area is 347 Å². The zero-order valence-corrected chi connectivity index (χ0v) is 32.6. The van der Waals surface area contributed by atoms with Gasteiger partial charge in [0.15, 0.2) is 0 Å². The molecular formula is C49H39N9O2. The smallest absolute Gasteiger partial charge is 0.258 e. The van der Waals surface area contributed by atoms with Gasteiger partial charge in [-0.05, 0) is 133 Å². The van der Waals surface area contributed by atoms with Crippen molar-refractivity contribution in [3.05, 3.63) is 199 Å². The summed E-state index contributed by atoms with van der Waals surface area (Å²) in [5, 5.41) is 16.8. The van der Waals surface area contributed by atoms with Gasteiger partial charge < -0.3 is 31.5 Å². The molecular weight excluding hydrogens is 747 g/mol. The maximum Gasteiger partial charge on any atom is 0.258 e. The van der Waals surface area contributed by atoms with E-state index in [1.165, 1.54) is 0 Å². The molecule has 0 saturated carbocycles. The van der Waals surface area contributed by atoms with Gasteiger partial charge in [0.1, 0.15) is 0 Å². The van der Waals surface area contributed by atoms with Gasteiger partial charge in [0.2, 0.25) is 0 Å². The lowest BCUT2D eigenvalue weighted by molar-refractivity contribution is 0.0994. The van der Waals surface area contributed by atoms with Gasteiger partial charge in [-0.25, -0.2) is 0 Å². The van der Waals surface area contributed by atoms with E-state index in [9.17, 15) is 9.59 Å². The minimum absolute atomic E-state index is 0.0287. The molecule has 60 heavy (non-hydrogen) atoms. The number of amides is 2. The fraction of sp³-hybridized carbons (Fsp3) is 0.0408. The molecule has 0 fully saturated rings. The summed E-state index contributed by atoms with van der Waals surface area (Å²) in [5.41, 5.74) is 13.5. The molecule has 5 N–H and O–H groups in total. The summed E-state index contributed by atoms with van der Waals surface area (Å²) >= 11 is 0. The van der Waals surface area contributed by atoms with E-state index in [-0.39, 0.29) is 11.8 Å². The van der Waals surface area contributed by atoms with Crippen LogP contribution >= 0.6 is 0 Å². The molecule has 11 nitrogen and oxygen atoms in total. The van der Waals surface area contributed by atoms with Crippen molar-refractivity contribution in [3.8, 4) is 11.1 Å². The van der Waals surface area contributed by atoms with Crippen LogP contribution in [0.2, 0.25) is 0 Å². The lowest BCUT2D eigenvalue weighted by Gasteiger charge is -2.17. The Morgan fingerprint density at radius 2 is 1.18 bits per heavy atom. The Hall–Kier alpha value is -8.31. The largest absolute Gasteiger partial charge is 0.355 e. The number of aryl methyl sites for hydroxylation is 1. The fourth-order valence-electron chi connectivity index (χ4n) is 7.16. The van der Waals surface area contributed by atoms with E-state index >= 15 is 0 Å². The first-order valence-corrected chi connectivity index (χ1v) is 19.4. The number of hydrogen-bond donors (Lipinski definition) is 5. The molecule has 3 aromatic heterocycles. The van der Waals surface area contributed by atoms with Crippen LogP contribution in [0, 0.1) is 6.92 Å². The highest BCUT2D eigenvalue weighted by Crippen LogP contribution is 2.35. The third kappa shape index (κ3) is 8.50. The number of fused-ring (bicyclic) bond motifs is 1. The molecule has 1 aliphatic heterocycles. The summed E-state index contributed by atoms with van der Waals surface area (Å²) in [4.78, 5) is 41.3. The Morgan fingerprint density at radius 3 is 2.00 bits per heavy atom. The SMILES string of the molecule is Cc1cc(Nc2cccc(C(=O)Nc3cccc(Nc4ccc(-c5cnccc5Nc5ccc6c(c5)CN(c5cccc(Nc7ccncc7)c5)C6=O)cc4)c3)c2)ccn1. The highest BCUT2D eigenvalue weighted by Gasteiger charge is 2.29. The average molecular weight is 786 g/mol. The van der Waals surface area contributed by atoms with Crippen molar-refractivity contribution in [3.63, 3.8) is 0 Å². The van der Waals surface area contributed by atoms with Crippen molar-refractivity contribution in [1.29, 1.82) is 0 Å². The molecule has 1 aliphatic rings. The van der Waals surface area contributed by atoms with E-state index in [1.807, 2.05) is 153 Å².